The number of carbonyl (C=O) groups excluding carboxylic acids is 2. The molecular weight excluding hydrogens is 509 g/mol. The van der Waals surface area contributed by atoms with Gasteiger partial charge in [-0.25, -0.2) is 4.79 Å². The Morgan fingerprint density at radius 1 is 1.23 bits per heavy atom. The van der Waals surface area contributed by atoms with Gasteiger partial charge in [-0.1, -0.05) is 18.6 Å². The SMILES string of the molecule is CN=C(NCc1cccc(NC(=O)C2CCC2)c1)NC1CN(C(=O)OC(C)(C)C)C1.I. The average molecular weight is 543 g/mol. The molecule has 8 nitrogen and oxygen atoms in total. The van der Waals surface area contributed by atoms with E-state index in [0.29, 0.717) is 25.6 Å². The van der Waals surface area contributed by atoms with Crippen molar-refractivity contribution < 1.29 is 14.3 Å². The molecule has 0 aromatic heterocycles. The Balaban J connectivity index is 0.00000341. The summed E-state index contributed by atoms with van der Waals surface area (Å²) in [6.07, 6.45) is 2.83. The predicted octanol–water partition coefficient (Wildman–Crippen LogP) is 3.33. The number of benzene rings is 1. The van der Waals surface area contributed by atoms with Crippen molar-refractivity contribution in [3.05, 3.63) is 29.8 Å². The third-order valence-corrected chi connectivity index (χ3v) is 5.23. The van der Waals surface area contributed by atoms with Crippen molar-refractivity contribution in [1.82, 2.24) is 15.5 Å². The smallest absolute Gasteiger partial charge is 0.410 e. The van der Waals surface area contributed by atoms with Gasteiger partial charge in [0.1, 0.15) is 5.60 Å². The Labute approximate surface area is 201 Å². The lowest BCUT2D eigenvalue weighted by Gasteiger charge is -2.40. The molecule has 0 atom stereocenters. The maximum absolute atomic E-state index is 12.1. The fraction of sp³-hybridized carbons (Fsp3) is 0.591. The standard InChI is InChI=1S/C22H33N5O3.HI/c1-22(2,3)30-21(29)27-13-18(14-27)26-20(23-4)24-12-15-7-5-10-17(11-15)25-19(28)16-8-6-9-16;/h5,7,10-11,16,18H,6,8-9,12-14H2,1-4H3,(H,25,28)(H2,23,24,26);1H. The summed E-state index contributed by atoms with van der Waals surface area (Å²) in [5.41, 5.74) is 1.38. The van der Waals surface area contributed by atoms with E-state index in [1.165, 1.54) is 0 Å². The second-order valence-electron chi connectivity index (χ2n) is 8.97. The summed E-state index contributed by atoms with van der Waals surface area (Å²) >= 11 is 0. The number of aliphatic imine (C=N–C) groups is 1. The van der Waals surface area contributed by atoms with E-state index in [-0.39, 0.29) is 47.9 Å². The van der Waals surface area contributed by atoms with E-state index in [1.54, 1.807) is 11.9 Å². The molecule has 2 fully saturated rings. The minimum absolute atomic E-state index is 0. The fourth-order valence-corrected chi connectivity index (χ4v) is 3.29. The van der Waals surface area contributed by atoms with Gasteiger partial charge in [-0.15, -0.1) is 24.0 Å². The zero-order valence-electron chi connectivity index (χ0n) is 18.7. The number of carbonyl (C=O) groups is 2. The highest BCUT2D eigenvalue weighted by atomic mass is 127. The molecule has 1 heterocycles. The summed E-state index contributed by atoms with van der Waals surface area (Å²) in [7, 11) is 1.72. The first kappa shape index (κ1) is 25.2. The summed E-state index contributed by atoms with van der Waals surface area (Å²) < 4.78 is 5.37. The Morgan fingerprint density at radius 2 is 1.94 bits per heavy atom. The molecular formula is C22H34IN5O3. The normalized spacial score (nSPS) is 17.0. The van der Waals surface area contributed by atoms with E-state index in [4.69, 9.17) is 4.74 Å². The molecule has 0 radical (unpaired) electrons. The highest BCUT2D eigenvalue weighted by Crippen LogP contribution is 2.27. The minimum Gasteiger partial charge on any atom is -0.444 e. The Hall–Kier alpha value is -2.04. The van der Waals surface area contributed by atoms with Crippen LogP contribution in [0.3, 0.4) is 0 Å². The van der Waals surface area contributed by atoms with Crippen LogP contribution in [0, 0.1) is 5.92 Å². The van der Waals surface area contributed by atoms with Crippen LogP contribution in [0.5, 0.6) is 0 Å². The fourth-order valence-electron chi connectivity index (χ4n) is 3.29. The van der Waals surface area contributed by atoms with Crippen LogP contribution in [-0.2, 0) is 16.1 Å². The van der Waals surface area contributed by atoms with Gasteiger partial charge in [-0.05, 0) is 51.3 Å². The van der Waals surface area contributed by atoms with Crippen LogP contribution in [-0.4, -0.2) is 54.6 Å². The first-order valence-corrected chi connectivity index (χ1v) is 10.6. The molecule has 3 N–H and O–H groups in total. The van der Waals surface area contributed by atoms with E-state index in [9.17, 15) is 9.59 Å². The molecule has 3 rings (SSSR count). The van der Waals surface area contributed by atoms with Gasteiger partial charge in [0.15, 0.2) is 5.96 Å². The van der Waals surface area contributed by atoms with E-state index in [2.05, 4.69) is 20.9 Å². The molecule has 172 valence electrons. The highest BCUT2D eigenvalue weighted by molar-refractivity contribution is 14.0. The summed E-state index contributed by atoms with van der Waals surface area (Å²) in [5.74, 6) is 0.952. The lowest BCUT2D eigenvalue weighted by molar-refractivity contribution is -0.122. The van der Waals surface area contributed by atoms with Crippen LogP contribution in [0.4, 0.5) is 10.5 Å². The van der Waals surface area contributed by atoms with Crippen molar-refractivity contribution in [3.63, 3.8) is 0 Å². The molecule has 1 saturated carbocycles. The van der Waals surface area contributed by atoms with Gasteiger partial charge in [0, 0.05) is 38.3 Å². The van der Waals surface area contributed by atoms with Crippen molar-refractivity contribution in [2.75, 3.05) is 25.5 Å². The highest BCUT2D eigenvalue weighted by Gasteiger charge is 2.34. The third kappa shape index (κ3) is 7.55. The molecule has 0 bridgehead atoms. The maximum atomic E-state index is 12.1. The molecule has 9 heteroatoms. The Kier molecular flexibility index (Phi) is 8.96. The van der Waals surface area contributed by atoms with Gasteiger partial charge in [0.05, 0.1) is 6.04 Å². The van der Waals surface area contributed by atoms with Crippen molar-refractivity contribution >= 4 is 47.6 Å². The molecule has 0 unspecified atom stereocenters. The molecule has 1 aromatic carbocycles. The van der Waals surface area contributed by atoms with Gasteiger partial charge < -0.3 is 25.6 Å². The minimum atomic E-state index is -0.487. The Morgan fingerprint density at radius 3 is 2.52 bits per heavy atom. The van der Waals surface area contributed by atoms with E-state index < -0.39 is 5.60 Å². The second-order valence-corrected chi connectivity index (χ2v) is 8.97. The first-order chi connectivity index (χ1) is 14.2. The number of anilines is 1. The molecule has 2 amide bonds. The number of likely N-dealkylation sites (tertiary alicyclic amines) is 1. The lowest BCUT2D eigenvalue weighted by Crippen LogP contribution is -2.63. The molecule has 1 aliphatic heterocycles. The molecule has 1 aromatic rings. The number of nitrogens with one attached hydrogen (secondary N) is 3. The van der Waals surface area contributed by atoms with Gasteiger partial charge in [-0.3, -0.25) is 9.79 Å². The van der Waals surface area contributed by atoms with E-state index in [1.807, 2.05) is 45.0 Å². The predicted molar refractivity (Wildman–Crippen MR) is 133 cm³/mol. The zero-order chi connectivity index (χ0) is 21.7. The largest absolute Gasteiger partial charge is 0.444 e. The summed E-state index contributed by atoms with van der Waals surface area (Å²) in [6.45, 7) is 7.33. The summed E-state index contributed by atoms with van der Waals surface area (Å²) in [6, 6.07) is 7.97. The van der Waals surface area contributed by atoms with Gasteiger partial charge >= 0.3 is 6.09 Å². The number of hydrogen-bond acceptors (Lipinski definition) is 4. The molecule has 1 saturated heterocycles. The van der Waals surface area contributed by atoms with Crippen LogP contribution in [0.25, 0.3) is 0 Å². The van der Waals surface area contributed by atoms with Crippen molar-refractivity contribution in [2.24, 2.45) is 10.9 Å². The average Bonchev–Trinajstić information content (AvgIpc) is 2.57. The number of rotatable bonds is 5. The van der Waals surface area contributed by atoms with Crippen molar-refractivity contribution in [3.8, 4) is 0 Å². The molecule has 0 spiro atoms. The number of hydrogen-bond donors (Lipinski definition) is 3. The number of halogens is 1. The summed E-state index contributed by atoms with van der Waals surface area (Å²) in [5, 5.41) is 9.61. The van der Waals surface area contributed by atoms with E-state index >= 15 is 0 Å². The second kappa shape index (κ2) is 11.0. The third-order valence-electron chi connectivity index (χ3n) is 5.23. The number of amides is 2. The zero-order valence-corrected chi connectivity index (χ0v) is 21.1. The first-order valence-electron chi connectivity index (χ1n) is 10.6. The number of nitrogens with zero attached hydrogens (tertiary/aromatic N) is 2. The molecule has 2 aliphatic rings. The number of ether oxygens (including phenoxy) is 1. The quantitative estimate of drug-likeness (QED) is 0.301. The maximum Gasteiger partial charge on any atom is 0.410 e. The number of guanidine groups is 1. The van der Waals surface area contributed by atoms with Gasteiger partial charge in [-0.2, -0.15) is 0 Å². The van der Waals surface area contributed by atoms with Crippen molar-refractivity contribution in [1.29, 1.82) is 0 Å². The molecule has 31 heavy (non-hydrogen) atoms. The van der Waals surface area contributed by atoms with Crippen LogP contribution in [0.1, 0.15) is 45.6 Å². The van der Waals surface area contributed by atoms with Gasteiger partial charge in [0.25, 0.3) is 0 Å². The Bertz CT molecular complexity index is 799. The monoisotopic (exact) mass is 543 g/mol. The van der Waals surface area contributed by atoms with E-state index in [0.717, 1.165) is 30.5 Å². The summed E-state index contributed by atoms with van der Waals surface area (Å²) in [4.78, 5) is 30.1. The van der Waals surface area contributed by atoms with Crippen LogP contribution >= 0.6 is 24.0 Å². The van der Waals surface area contributed by atoms with Crippen molar-refractivity contribution in [2.45, 2.75) is 58.2 Å². The van der Waals surface area contributed by atoms with Crippen LogP contribution in [0.15, 0.2) is 29.3 Å². The molecule has 1 aliphatic carbocycles. The lowest BCUT2D eigenvalue weighted by atomic mass is 9.85. The topological polar surface area (TPSA) is 95.1 Å². The van der Waals surface area contributed by atoms with Crippen LogP contribution < -0.4 is 16.0 Å². The van der Waals surface area contributed by atoms with Crippen LogP contribution in [0.2, 0.25) is 0 Å². The van der Waals surface area contributed by atoms with Gasteiger partial charge in [0.2, 0.25) is 5.91 Å².